The van der Waals surface area contributed by atoms with Gasteiger partial charge in [0, 0.05) is 32.7 Å². The Balaban J connectivity index is 2.02. The Bertz CT molecular complexity index is 407. The van der Waals surface area contributed by atoms with Crippen LogP contribution >= 0.6 is 11.8 Å². The molecule has 20 heavy (non-hydrogen) atoms. The lowest BCUT2D eigenvalue weighted by Crippen LogP contribution is -2.37. The van der Waals surface area contributed by atoms with E-state index in [0.29, 0.717) is 0 Å². The highest BCUT2D eigenvalue weighted by atomic mass is 32.2. The first-order valence-corrected chi connectivity index (χ1v) is 8.35. The molecule has 6 heteroatoms. The molecule has 2 rings (SSSR count). The van der Waals surface area contributed by atoms with Crippen molar-refractivity contribution in [2.45, 2.75) is 18.0 Å². The van der Waals surface area contributed by atoms with Gasteiger partial charge >= 0.3 is 0 Å². The Hall–Kier alpha value is -1.01. The second-order valence-electron chi connectivity index (χ2n) is 5.54. The van der Waals surface area contributed by atoms with Crippen LogP contribution in [0.3, 0.4) is 0 Å². The van der Waals surface area contributed by atoms with Crippen LogP contribution < -0.4 is 10.2 Å². The van der Waals surface area contributed by atoms with Crippen molar-refractivity contribution in [1.29, 1.82) is 0 Å². The summed E-state index contributed by atoms with van der Waals surface area (Å²) >= 11 is 1.59. The predicted octanol–water partition coefficient (Wildman–Crippen LogP) is 2.02. The predicted molar refractivity (Wildman–Crippen MR) is 86.9 cm³/mol. The minimum atomic E-state index is 0.812. The van der Waals surface area contributed by atoms with Gasteiger partial charge in [-0.1, -0.05) is 11.8 Å². The number of hydrogen-bond acceptors (Lipinski definition) is 6. The first-order chi connectivity index (χ1) is 9.62. The van der Waals surface area contributed by atoms with Crippen LogP contribution in [0.4, 0.5) is 11.6 Å². The van der Waals surface area contributed by atoms with Gasteiger partial charge in [-0.05, 0) is 39.1 Å². The summed E-state index contributed by atoms with van der Waals surface area (Å²) in [5.74, 6) is 2.76. The Labute approximate surface area is 126 Å². The fourth-order valence-electron chi connectivity index (χ4n) is 2.66. The minimum Gasteiger partial charge on any atom is -0.373 e. The van der Waals surface area contributed by atoms with Gasteiger partial charge in [-0.2, -0.15) is 0 Å². The summed E-state index contributed by atoms with van der Waals surface area (Å²) in [4.78, 5) is 13.7. The highest BCUT2D eigenvalue weighted by Crippen LogP contribution is 2.25. The van der Waals surface area contributed by atoms with Crippen LogP contribution in [0.1, 0.15) is 12.8 Å². The van der Waals surface area contributed by atoms with Crippen LogP contribution in [0.5, 0.6) is 0 Å². The third kappa shape index (κ3) is 3.99. The molecule has 0 radical (unpaired) electrons. The van der Waals surface area contributed by atoms with E-state index in [-0.39, 0.29) is 0 Å². The molecule has 112 valence electrons. The van der Waals surface area contributed by atoms with E-state index in [4.69, 9.17) is 0 Å². The van der Waals surface area contributed by atoms with Crippen LogP contribution in [0.25, 0.3) is 0 Å². The van der Waals surface area contributed by atoms with Crippen molar-refractivity contribution in [1.82, 2.24) is 14.9 Å². The summed E-state index contributed by atoms with van der Waals surface area (Å²) < 4.78 is 0. The number of piperidine rings is 1. The van der Waals surface area contributed by atoms with Gasteiger partial charge in [-0.15, -0.1) is 0 Å². The van der Waals surface area contributed by atoms with E-state index in [2.05, 4.69) is 39.2 Å². The van der Waals surface area contributed by atoms with E-state index in [9.17, 15) is 0 Å². The number of hydrogen-bond donors (Lipinski definition) is 1. The number of rotatable bonds is 5. The fraction of sp³-hybridized carbons (Fsp3) is 0.714. The lowest BCUT2D eigenvalue weighted by molar-refractivity contribution is 0.284. The average molecular weight is 295 g/mol. The standard InChI is InChI=1S/C14H25N5S/c1-15-12-9-13(17-14(16-12)20-4)19-7-5-11(6-8-19)10-18(2)3/h9,11H,5-8,10H2,1-4H3,(H,15,16,17). The molecule has 0 unspecified atom stereocenters. The highest BCUT2D eigenvalue weighted by molar-refractivity contribution is 7.98. The molecule has 1 saturated heterocycles. The van der Waals surface area contributed by atoms with E-state index in [1.807, 2.05) is 19.4 Å². The zero-order valence-corrected chi connectivity index (χ0v) is 13.7. The molecular weight excluding hydrogens is 270 g/mol. The molecule has 2 heterocycles. The van der Waals surface area contributed by atoms with Gasteiger partial charge in [-0.3, -0.25) is 0 Å². The summed E-state index contributed by atoms with van der Waals surface area (Å²) in [6.07, 6.45) is 4.50. The molecule has 0 aliphatic carbocycles. The van der Waals surface area contributed by atoms with Crippen LogP contribution in [-0.4, -0.2) is 61.9 Å². The van der Waals surface area contributed by atoms with E-state index in [0.717, 1.165) is 35.8 Å². The highest BCUT2D eigenvalue weighted by Gasteiger charge is 2.21. The molecule has 5 nitrogen and oxygen atoms in total. The quantitative estimate of drug-likeness (QED) is 0.662. The van der Waals surface area contributed by atoms with Crippen LogP contribution in [0.2, 0.25) is 0 Å². The zero-order valence-electron chi connectivity index (χ0n) is 12.9. The van der Waals surface area contributed by atoms with Crippen molar-refractivity contribution >= 4 is 23.4 Å². The summed E-state index contributed by atoms with van der Waals surface area (Å²) in [7, 11) is 6.21. The number of nitrogens with one attached hydrogen (secondary N) is 1. The van der Waals surface area contributed by atoms with Crippen molar-refractivity contribution in [3.05, 3.63) is 6.07 Å². The number of thioether (sulfide) groups is 1. The lowest BCUT2D eigenvalue weighted by atomic mass is 9.96. The zero-order chi connectivity index (χ0) is 14.5. The van der Waals surface area contributed by atoms with Crippen molar-refractivity contribution < 1.29 is 0 Å². The first kappa shape index (κ1) is 15.4. The van der Waals surface area contributed by atoms with Crippen LogP contribution in [0.15, 0.2) is 11.2 Å². The average Bonchev–Trinajstić information content (AvgIpc) is 2.46. The van der Waals surface area contributed by atoms with Gasteiger partial charge in [-0.25, -0.2) is 9.97 Å². The fourth-order valence-corrected chi connectivity index (χ4v) is 3.03. The Morgan fingerprint density at radius 1 is 1.35 bits per heavy atom. The molecule has 0 bridgehead atoms. The van der Waals surface area contributed by atoms with E-state index in [1.54, 1.807) is 11.8 Å². The second kappa shape index (κ2) is 7.13. The lowest BCUT2D eigenvalue weighted by Gasteiger charge is -2.34. The topological polar surface area (TPSA) is 44.3 Å². The Morgan fingerprint density at radius 3 is 2.60 bits per heavy atom. The molecule has 1 fully saturated rings. The number of aromatic nitrogens is 2. The van der Waals surface area contributed by atoms with Gasteiger partial charge in [0.05, 0.1) is 0 Å². The van der Waals surface area contributed by atoms with Crippen molar-refractivity contribution in [2.24, 2.45) is 5.92 Å². The minimum absolute atomic E-state index is 0.812. The molecule has 0 aromatic carbocycles. The van der Waals surface area contributed by atoms with E-state index in [1.165, 1.54) is 19.4 Å². The molecule has 1 N–H and O–H groups in total. The monoisotopic (exact) mass is 295 g/mol. The third-order valence-corrected chi connectivity index (χ3v) is 4.24. The molecule has 0 saturated carbocycles. The summed E-state index contributed by atoms with van der Waals surface area (Å²) in [6, 6.07) is 2.05. The van der Waals surface area contributed by atoms with Crippen molar-refractivity contribution in [3.8, 4) is 0 Å². The maximum atomic E-state index is 4.64. The molecule has 1 aromatic rings. The molecule has 1 aliphatic heterocycles. The van der Waals surface area contributed by atoms with Crippen molar-refractivity contribution in [2.75, 3.05) is 57.2 Å². The van der Waals surface area contributed by atoms with E-state index < -0.39 is 0 Å². The van der Waals surface area contributed by atoms with Crippen molar-refractivity contribution in [3.63, 3.8) is 0 Å². The van der Waals surface area contributed by atoms with Gasteiger partial charge in [0.1, 0.15) is 11.6 Å². The smallest absolute Gasteiger partial charge is 0.191 e. The van der Waals surface area contributed by atoms with Gasteiger partial charge in [0.15, 0.2) is 5.16 Å². The second-order valence-corrected chi connectivity index (χ2v) is 6.31. The maximum absolute atomic E-state index is 4.64. The molecule has 1 aliphatic rings. The normalized spacial score (nSPS) is 16.8. The maximum Gasteiger partial charge on any atom is 0.191 e. The molecule has 0 amide bonds. The van der Waals surface area contributed by atoms with Crippen LogP contribution in [-0.2, 0) is 0 Å². The van der Waals surface area contributed by atoms with E-state index >= 15 is 0 Å². The largest absolute Gasteiger partial charge is 0.373 e. The number of anilines is 2. The SMILES string of the molecule is CNc1cc(N2CCC(CN(C)C)CC2)nc(SC)n1. The molecule has 0 spiro atoms. The number of nitrogens with zero attached hydrogens (tertiary/aromatic N) is 4. The summed E-state index contributed by atoms with van der Waals surface area (Å²) in [6.45, 7) is 3.37. The first-order valence-electron chi connectivity index (χ1n) is 7.13. The molecular formula is C14H25N5S. The van der Waals surface area contributed by atoms with Crippen LogP contribution in [0, 0.1) is 5.92 Å². The Morgan fingerprint density at radius 2 is 2.05 bits per heavy atom. The van der Waals surface area contributed by atoms with Gasteiger partial charge in [0.25, 0.3) is 0 Å². The Kier molecular flexibility index (Phi) is 5.48. The molecule has 0 atom stereocenters. The van der Waals surface area contributed by atoms with Gasteiger partial charge < -0.3 is 15.1 Å². The molecule has 1 aromatic heterocycles. The van der Waals surface area contributed by atoms with Gasteiger partial charge in [0.2, 0.25) is 0 Å². The summed E-state index contributed by atoms with van der Waals surface area (Å²) in [5.41, 5.74) is 0. The third-order valence-electron chi connectivity index (χ3n) is 3.69. The summed E-state index contributed by atoms with van der Waals surface area (Å²) in [5, 5.41) is 3.95.